The van der Waals surface area contributed by atoms with Crippen LogP contribution >= 0.6 is 7.60 Å². The van der Waals surface area contributed by atoms with E-state index in [0.29, 0.717) is 5.56 Å². The quantitative estimate of drug-likeness (QED) is 0.819. The zero-order valence-corrected chi connectivity index (χ0v) is 9.92. The summed E-state index contributed by atoms with van der Waals surface area (Å²) >= 11 is 0. The van der Waals surface area contributed by atoms with Crippen LogP contribution in [0.5, 0.6) is 0 Å². The summed E-state index contributed by atoms with van der Waals surface area (Å²) in [6.45, 7) is 0. The van der Waals surface area contributed by atoms with Crippen molar-refractivity contribution in [1.29, 1.82) is 0 Å². The average molecular weight is 249 g/mol. The Kier molecular flexibility index (Phi) is 3.38. The molecule has 0 aliphatic heterocycles. The number of hydrogen-bond acceptors (Lipinski definition) is 2. The molecule has 1 aromatic carbocycles. The van der Waals surface area contributed by atoms with E-state index in [9.17, 15) is 4.57 Å². The van der Waals surface area contributed by atoms with Crippen molar-refractivity contribution < 1.29 is 14.4 Å². The van der Waals surface area contributed by atoms with Gasteiger partial charge in [0.1, 0.15) is 0 Å². The van der Waals surface area contributed by atoms with Crippen LogP contribution < -0.4 is 0 Å². The second-order valence-corrected chi connectivity index (χ2v) is 5.38. The van der Waals surface area contributed by atoms with Gasteiger partial charge in [0.2, 0.25) is 0 Å². The lowest BCUT2D eigenvalue weighted by atomic mass is 10.1. The van der Waals surface area contributed by atoms with Crippen LogP contribution in [-0.4, -0.2) is 14.8 Å². The molecule has 0 unspecified atom stereocenters. The number of nitrogens with zero attached hydrogens (tertiary/aromatic N) is 1. The van der Waals surface area contributed by atoms with Crippen LogP contribution in [0.3, 0.4) is 0 Å². The minimum Gasteiger partial charge on any atom is -0.324 e. The summed E-state index contributed by atoms with van der Waals surface area (Å²) in [5.74, 6) is 0. The standard InChI is InChI=1S/C12H12NO3P/c14-17(15,16)9-10-4-6-11(7-5-10)12-3-1-2-8-13-12/h1-8H,9H2,(H2,14,15,16). The van der Waals surface area contributed by atoms with Crippen molar-refractivity contribution in [3.63, 3.8) is 0 Å². The molecule has 17 heavy (non-hydrogen) atoms. The Hall–Kier alpha value is -1.48. The van der Waals surface area contributed by atoms with Crippen LogP contribution in [0.1, 0.15) is 5.56 Å². The van der Waals surface area contributed by atoms with Crippen molar-refractivity contribution in [3.05, 3.63) is 54.2 Å². The molecule has 2 aromatic rings. The maximum absolute atomic E-state index is 10.8. The van der Waals surface area contributed by atoms with E-state index in [2.05, 4.69) is 4.98 Å². The van der Waals surface area contributed by atoms with Crippen molar-refractivity contribution >= 4 is 7.60 Å². The normalized spacial score (nSPS) is 11.4. The highest BCUT2D eigenvalue weighted by atomic mass is 31.2. The predicted octanol–water partition coefficient (Wildman–Crippen LogP) is 2.43. The molecule has 0 bridgehead atoms. The van der Waals surface area contributed by atoms with Crippen LogP contribution in [0.15, 0.2) is 48.7 Å². The Morgan fingerprint density at radius 2 is 1.76 bits per heavy atom. The molecule has 1 aromatic heterocycles. The molecule has 0 saturated heterocycles. The fourth-order valence-electron chi connectivity index (χ4n) is 1.55. The van der Waals surface area contributed by atoms with Crippen molar-refractivity contribution in [2.75, 3.05) is 0 Å². The Morgan fingerprint density at radius 3 is 2.29 bits per heavy atom. The topological polar surface area (TPSA) is 70.4 Å². The third-order valence-corrected chi connectivity index (χ3v) is 3.08. The van der Waals surface area contributed by atoms with Crippen LogP contribution in [-0.2, 0) is 10.7 Å². The van der Waals surface area contributed by atoms with E-state index in [-0.39, 0.29) is 6.16 Å². The van der Waals surface area contributed by atoms with Gasteiger partial charge < -0.3 is 9.79 Å². The summed E-state index contributed by atoms with van der Waals surface area (Å²) < 4.78 is 10.8. The molecule has 88 valence electrons. The number of benzene rings is 1. The van der Waals surface area contributed by atoms with Crippen molar-refractivity contribution in [1.82, 2.24) is 4.98 Å². The van der Waals surface area contributed by atoms with Gasteiger partial charge in [-0.2, -0.15) is 0 Å². The summed E-state index contributed by atoms with van der Waals surface area (Å²) in [6.07, 6.45) is 1.48. The van der Waals surface area contributed by atoms with Crippen molar-refractivity contribution in [2.24, 2.45) is 0 Å². The Morgan fingerprint density at radius 1 is 1.06 bits per heavy atom. The Balaban J connectivity index is 2.22. The van der Waals surface area contributed by atoms with E-state index < -0.39 is 7.60 Å². The lowest BCUT2D eigenvalue weighted by Crippen LogP contribution is -1.87. The number of pyridine rings is 1. The largest absolute Gasteiger partial charge is 0.329 e. The second kappa shape index (κ2) is 4.80. The summed E-state index contributed by atoms with van der Waals surface area (Å²) in [4.78, 5) is 21.9. The van der Waals surface area contributed by atoms with Gasteiger partial charge in [0.15, 0.2) is 0 Å². The first-order chi connectivity index (χ1) is 8.04. The molecule has 0 amide bonds. The lowest BCUT2D eigenvalue weighted by molar-refractivity contribution is 0.371. The number of rotatable bonds is 3. The molecular weight excluding hydrogens is 237 g/mol. The Labute approximate surface area is 99.1 Å². The van der Waals surface area contributed by atoms with Gasteiger partial charge in [0.05, 0.1) is 11.9 Å². The molecule has 1 heterocycles. The van der Waals surface area contributed by atoms with E-state index in [1.165, 1.54) is 0 Å². The Bertz CT molecular complexity index is 533. The zero-order valence-electron chi connectivity index (χ0n) is 9.02. The minimum atomic E-state index is -3.99. The molecule has 5 heteroatoms. The minimum absolute atomic E-state index is 0.227. The van der Waals surface area contributed by atoms with Crippen molar-refractivity contribution in [2.45, 2.75) is 6.16 Å². The van der Waals surface area contributed by atoms with Gasteiger partial charge in [-0.15, -0.1) is 0 Å². The molecule has 0 radical (unpaired) electrons. The van der Waals surface area contributed by atoms with Gasteiger partial charge in [0, 0.05) is 11.8 Å². The highest BCUT2D eigenvalue weighted by Gasteiger charge is 2.13. The van der Waals surface area contributed by atoms with Gasteiger partial charge in [0.25, 0.3) is 0 Å². The fourth-order valence-corrected chi connectivity index (χ4v) is 2.24. The molecule has 0 aliphatic carbocycles. The van der Waals surface area contributed by atoms with Crippen molar-refractivity contribution in [3.8, 4) is 11.3 Å². The SMILES string of the molecule is O=P(O)(O)Cc1ccc(-c2ccccn2)cc1. The fraction of sp³-hybridized carbons (Fsp3) is 0.0833. The summed E-state index contributed by atoms with van der Waals surface area (Å²) in [5.41, 5.74) is 2.40. The van der Waals surface area contributed by atoms with E-state index >= 15 is 0 Å². The molecular formula is C12H12NO3P. The first-order valence-electron chi connectivity index (χ1n) is 5.09. The van der Waals surface area contributed by atoms with Crippen LogP contribution in [0.4, 0.5) is 0 Å². The lowest BCUT2D eigenvalue weighted by Gasteiger charge is -2.05. The molecule has 0 aliphatic rings. The highest BCUT2D eigenvalue weighted by Crippen LogP contribution is 2.39. The molecule has 0 saturated carbocycles. The highest BCUT2D eigenvalue weighted by molar-refractivity contribution is 7.50. The van der Waals surface area contributed by atoms with E-state index in [4.69, 9.17) is 9.79 Å². The molecule has 0 atom stereocenters. The molecule has 0 fully saturated rings. The molecule has 2 rings (SSSR count). The van der Waals surface area contributed by atoms with Crippen LogP contribution in [0, 0.1) is 0 Å². The average Bonchev–Trinajstić information content (AvgIpc) is 2.29. The van der Waals surface area contributed by atoms with Gasteiger partial charge in [-0.3, -0.25) is 9.55 Å². The third-order valence-electron chi connectivity index (χ3n) is 2.30. The molecule has 0 spiro atoms. The smallest absolute Gasteiger partial charge is 0.324 e. The first-order valence-corrected chi connectivity index (χ1v) is 6.89. The van der Waals surface area contributed by atoms with Gasteiger partial charge in [-0.1, -0.05) is 30.3 Å². The van der Waals surface area contributed by atoms with Crippen LogP contribution in [0.2, 0.25) is 0 Å². The summed E-state index contributed by atoms with van der Waals surface area (Å²) in [5, 5.41) is 0. The van der Waals surface area contributed by atoms with Gasteiger partial charge in [-0.25, -0.2) is 0 Å². The third kappa shape index (κ3) is 3.49. The maximum atomic E-state index is 10.8. The van der Waals surface area contributed by atoms with Gasteiger partial charge in [-0.05, 0) is 17.7 Å². The van der Waals surface area contributed by atoms with E-state index in [1.807, 2.05) is 30.3 Å². The van der Waals surface area contributed by atoms with E-state index in [0.717, 1.165) is 11.3 Å². The maximum Gasteiger partial charge on any atom is 0.329 e. The predicted molar refractivity (Wildman–Crippen MR) is 65.4 cm³/mol. The number of hydrogen-bond donors (Lipinski definition) is 2. The monoisotopic (exact) mass is 249 g/mol. The van der Waals surface area contributed by atoms with E-state index in [1.54, 1.807) is 18.3 Å². The van der Waals surface area contributed by atoms with Gasteiger partial charge >= 0.3 is 7.60 Å². The number of aromatic nitrogens is 1. The first kappa shape index (κ1) is 12.0. The van der Waals surface area contributed by atoms with Crippen LogP contribution in [0.25, 0.3) is 11.3 Å². The second-order valence-electron chi connectivity index (χ2n) is 3.73. The summed E-state index contributed by atoms with van der Waals surface area (Å²) in [6, 6.07) is 12.7. The zero-order chi connectivity index (χ0) is 12.3. The summed E-state index contributed by atoms with van der Waals surface area (Å²) in [7, 11) is -3.99. The molecule has 4 nitrogen and oxygen atoms in total. The molecule has 2 N–H and O–H groups in total.